The second-order valence-corrected chi connectivity index (χ2v) is 13.4. The van der Waals surface area contributed by atoms with Crippen LogP contribution in [-0.4, -0.2) is 39.9 Å². The molecule has 1 aromatic rings. The van der Waals surface area contributed by atoms with Gasteiger partial charge in [0, 0.05) is 12.7 Å². The molecular weight excluding hydrogens is 448 g/mol. The fourth-order valence-electron chi connectivity index (χ4n) is 10.1. The third-order valence-corrected chi connectivity index (χ3v) is 11.9. The molecule has 0 aliphatic heterocycles. The van der Waals surface area contributed by atoms with E-state index in [0.29, 0.717) is 53.7 Å². The number of rotatable bonds is 6. The zero-order chi connectivity index (χ0) is 25.7. The molecule has 5 nitrogen and oxygen atoms in total. The molecule has 4 fully saturated rings. The van der Waals surface area contributed by atoms with Gasteiger partial charge in [-0.1, -0.05) is 40.2 Å². The van der Waals surface area contributed by atoms with E-state index in [2.05, 4.69) is 38.0 Å². The van der Waals surface area contributed by atoms with Crippen molar-refractivity contribution >= 4 is 5.91 Å². The van der Waals surface area contributed by atoms with E-state index in [-0.39, 0.29) is 28.9 Å². The maximum atomic E-state index is 12.4. The maximum absolute atomic E-state index is 12.4. The summed E-state index contributed by atoms with van der Waals surface area (Å²) in [7, 11) is 0. The van der Waals surface area contributed by atoms with Crippen molar-refractivity contribution in [1.29, 1.82) is 0 Å². The Hall–Kier alpha value is -1.46. The fraction of sp³-hybridized carbons (Fsp3) is 0.806. The largest absolute Gasteiger partial charge is 0.393 e. The first-order valence-corrected chi connectivity index (χ1v) is 14.8. The van der Waals surface area contributed by atoms with Crippen LogP contribution in [0.1, 0.15) is 96.0 Å². The van der Waals surface area contributed by atoms with Crippen LogP contribution in [0.2, 0.25) is 0 Å². The molecule has 11 atom stereocenters. The van der Waals surface area contributed by atoms with Gasteiger partial charge < -0.3 is 15.5 Å². The van der Waals surface area contributed by atoms with E-state index >= 15 is 0 Å². The van der Waals surface area contributed by atoms with Gasteiger partial charge in [0.2, 0.25) is 0 Å². The monoisotopic (exact) mass is 496 g/mol. The predicted molar refractivity (Wildman–Crippen MR) is 142 cm³/mol. The number of pyridine rings is 1. The highest BCUT2D eigenvalue weighted by atomic mass is 16.3. The molecule has 200 valence electrons. The van der Waals surface area contributed by atoms with Crippen LogP contribution in [0.4, 0.5) is 0 Å². The molecule has 1 amide bonds. The normalized spacial score (nSPS) is 44.7. The molecular formula is C31H48N2O3. The Bertz CT molecular complexity index is 924. The van der Waals surface area contributed by atoms with Crippen LogP contribution >= 0.6 is 0 Å². The van der Waals surface area contributed by atoms with Gasteiger partial charge in [-0.2, -0.15) is 0 Å². The molecule has 36 heavy (non-hydrogen) atoms. The number of carbonyl (C=O) groups is 1. The number of nitrogens with zero attached hydrogens (tertiary/aromatic N) is 1. The maximum Gasteiger partial charge on any atom is 0.269 e. The van der Waals surface area contributed by atoms with Gasteiger partial charge in [-0.25, -0.2) is 0 Å². The lowest BCUT2D eigenvalue weighted by molar-refractivity contribution is -0.203. The molecule has 0 unspecified atom stereocenters. The van der Waals surface area contributed by atoms with Gasteiger partial charge in [0.1, 0.15) is 5.69 Å². The van der Waals surface area contributed by atoms with Crippen molar-refractivity contribution in [3.63, 3.8) is 0 Å². The molecule has 3 N–H and O–H groups in total. The molecule has 1 heterocycles. The molecule has 1 aromatic heterocycles. The second kappa shape index (κ2) is 10.0. The lowest BCUT2D eigenvalue weighted by Gasteiger charge is -2.64. The van der Waals surface area contributed by atoms with Crippen molar-refractivity contribution in [2.45, 2.75) is 97.7 Å². The Morgan fingerprint density at radius 1 is 1.08 bits per heavy atom. The number of aromatic nitrogens is 1. The van der Waals surface area contributed by atoms with Crippen LogP contribution in [0, 0.1) is 52.3 Å². The lowest BCUT2D eigenvalue weighted by atomic mass is 9.41. The van der Waals surface area contributed by atoms with Crippen molar-refractivity contribution in [3.8, 4) is 0 Å². The first kappa shape index (κ1) is 26.2. The van der Waals surface area contributed by atoms with Gasteiger partial charge in [-0.15, -0.1) is 0 Å². The minimum Gasteiger partial charge on any atom is -0.393 e. The third-order valence-electron chi connectivity index (χ3n) is 11.9. The van der Waals surface area contributed by atoms with E-state index < -0.39 is 0 Å². The Labute approximate surface area is 217 Å². The van der Waals surface area contributed by atoms with E-state index in [9.17, 15) is 15.0 Å². The minimum absolute atomic E-state index is 0.0878. The Morgan fingerprint density at radius 3 is 2.56 bits per heavy atom. The average molecular weight is 497 g/mol. The van der Waals surface area contributed by atoms with E-state index in [4.69, 9.17) is 0 Å². The standard InChI is InChI=1S/C31H48N2O3/c1-5-21-25-18-20(34)11-14-31(25,4)24-12-15-30(3)22(9-10-23(30)27(24)28(21)35)19(2)13-17-33-29(36)26-8-6-7-16-32-26/h6-8,16,19-25,27-28,34-35H,5,9-15,17-18H2,1-4H3,(H,33,36)/t19-,20-,21-,22-,23+,24+,25+,27+,28-,30-,31-/m1/s1. The summed E-state index contributed by atoms with van der Waals surface area (Å²) >= 11 is 0. The molecule has 4 saturated carbocycles. The van der Waals surface area contributed by atoms with Gasteiger partial charge in [0.25, 0.3) is 5.91 Å². The summed E-state index contributed by atoms with van der Waals surface area (Å²) in [4.78, 5) is 16.6. The van der Waals surface area contributed by atoms with Crippen molar-refractivity contribution in [1.82, 2.24) is 10.3 Å². The molecule has 0 spiro atoms. The van der Waals surface area contributed by atoms with E-state index in [1.165, 1.54) is 25.7 Å². The summed E-state index contributed by atoms with van der Waals surface area (Å²) in [6.45, 7) is 10.3. The number of fused-ring (bicyclic) bond motifs is 5. The van der Waals surface area contributed by atoms with E-state index in [1.54, 1.807) is 12.3 Å². The topological polar surface area (TPSA) is 82.5 Å². The molecule has 5 rings (SSSR count). The molecule has 5 heteroatoms. The summed E-state index contributed by atoms with van der Waals surface area (Å²) in [5.41, 5.74) is 1.00. The molecule has 4 aliphatic rings. The Kier molecular flexibility index (Phi) is 7.28. The van der Waals surface area contributed by atoms with Gasteiger partial charge in [0.15, 0.2) is 0 Å². The van der Waals surface area contributed by atoms with Crippen LogP contribution in [0.25, 0.3) is 0 Å². The number of hydrogen-bond acceptors (Lipinski definition) is 4. The summed E-state index contributed by atoms with van der Waals surface area (Å²) in [5, 5.41) is 25.5. The van der Waals surface area contributed by atoms with Crippen LogP contribution < -0.4 is 5.32 Å². The smallest absolute Gasteiger partial charge is 0.269 e. The van der Waals surface area contributed by atoms with Crippen LogP contribution in [0.15, 0.2) is 24.4 Å². The van der Waals surface area contributed by atoms with E-state index in [1.807, 2.05) is 12.1 Å². The number of aliphatic hydroxyl groups excluding tert-OH is 2. The molecule has 4 aliphatic carbocycles. The Morgan fingerprint density at radius 2 is 1.83 bits per heavy atom. The number of nitrogens with one attached hydrogen (secondary N) is 1. The van der Waals surface area contributed by atoms with Crippen LogP contribution in [0.5, 0.6) is 0 Å². The summed E-state index contributed by atoms with van der Waals surface area (Å²) in [5.74, 6) is 3.41. The summed E-state index contributed by atoms with van der Waals surface area (Å²) in [6, 6.07) is 5.44. The van der Waals surface area contributed by atoms with Crippen molar-refractivity contribution in [2.75, 3.05) is 6.54 Å². The van der Waals surface area contributed by atoms with Gasteiger partial charge in [-0.3, -0.25) is 9.78 Å². The zero-order valence-electron chi connectivity index (χ0n) is 22.8. The van der Waals surface area contributed by atoms with E-state index in [0.717, 1.165) is 32.1 Å². The molecule has 0 radical (unpaired) electrons. The van der Waals surface area contributed by atoms with Crippen LogP contribution in [-0.2, 0) is 0 Å². The summed E-state index contributed by atoms with van der Waals surface area (Å²) < 4.78 is 0. The lowest BCUT2D eigenvalue weighted by Crippen LogP contribution is -2.62. The minimum atomic E-state index is -0.236. The molecule has 0 bridgehead atoms. The third kappa shape index (κ3) is 4.22. The van der Waals surface area contributed by atoms with Gasteiger partial charge in [-0.05, 0) is 116 Å². The fourth-order valence-corrected chi connectivity index (χ4v) is 10.1. The molecule has 0 saturated heterocycles. The first-order valence-electron chi connectivity index (χ1n) is 14.8. The quantitative estimate of drug-likeness (QED) is 0.488. The van der Waals surface area contributed by atoms with Crippen LogP contribution in [0.3, 0.4) is 0 Å². The predicted octanol–water partition coefficient (Wildman–Crippen LogP) is 5.46. The highest BCUT2D eigenvalue weighted by molar-refractivity contribution is 5.92. The summed E-state index contributed by atoms with van der Waals surface area (Å²) in [6.07, 6.45) is 11.1. The second-order valence-electron chi connectivity index (χ2n) is 13.4. The number of amides is 1. The van der Waals surface area contributed by atoms with Crippen molar-refractivity contribution < 1.29 is 15.0 Å². The highest BCUT2D eigenvalue weighted by Gasteiger charge is 2.64. The van der Waals surface area contributed by atoms with Crippen molar-refractivity contribution in [3.05, 3.63) is 30.1 Å². The zero-order valence-corrected chi connectivity index (χ0v) is 22.8. The average Bonchev–Trinajstić information content (AvgIpc) is 3.23. The van der Waals surface area contributed by atoms with Gasteiger partial charge >= 0.3 is 0 Å². The number of carbonyl (C=O) groups excluding carboxylic acids is 1. The highest BCUT2D eigenvalue weighted by Crippen LogP contribution is 2.69. The number of aliphatic hydroxyl groups is 2. The Balaban J connectivity index is 1.28. The number of hydrogen-bond donors (Lipinski definition) is 3. The SMILES string of the molecule is CC[C@H]1[C@@H](O)[C@@H]2[C@H](CC[C@]3(C)[C@@H]([C@H](C)CCNC(=O)c4ccccn4)CC[C@@H]23)[C@@]2(C)CC[C@@H](O)C[C@@H]12. The first-order chi connectivity index (χ1) is 17.2. The van der Waals surface area contributed by atoms with Gasteiger partial charge in [0.05, 0.1) is 12.2 Å². The molecule has 0 aromatic carbocycles. The van der Waals surface area contributed by atoms with Crippen molar-refractivity contribution in [2.24, 2.45) is 52.3 Å².